The fraction of sp³-hybridized carbons (Fsp3) is 0.800. The van der Waals surface area contributed by atoms with E-state index in [4.69, 9.17) is 19.9 Å². The Labute approximate surface area is 64.2 Å². The van der Waals surface area contributed by atoms with Gasteiger partial charge in [0.15, 0.2) is 0 Å². The molecule has 1 rings (SSSR count). The molecule has 1 heterocycles. The van der Waals surface area contributed by atoms with Crippen molar-refractivity contribution in [2.45, 2.75) is 6.29 Å². The Bertz CT molecular complexity index is 124. The highest BCUT2D eigenvalue weighted by molar-refractivity contribution is 7.80. The lowest BCUT2D eigenvalue weighted by atomic mass is 10.6. The average molecular weight is 163 g/mol. The Morgan fingerprint density at radius 1 is 1.60 bits per heavy atom. The number of nitrogens with two attached hydrogens (primary N) is 1. The first-order valence-corrected chi connectivity index (χ1v) is 3.35. The van der Waals surface area contributed by atoms with Crippen LogP contribution in [0, 0.1) is 0 Å². The highest BCUT2D eigenvalue weighted by Crippen LogP contribution is 2.01. The minimum Gasteiger partial charge on any atom is -0.439 e. The lowest BCUT2D eigenvalue weighted by molar-refractivity contribution is -0.176. The standard InChI is InChI=1S/C5H9NO3S/c6-5(10)9-4-3-7-1-2-8-4/h4H,1-3H2,(H2,6,10). The molecule has 0 aromatic heterocycles. The predicted octanol–water partition coefficient (Wildman–Crippen LogP) is -0.381. The van der Waals surface area contributed by atoms with Crippen molar-refractivity contribution in [1.29, 1.82) is 0 Å². The van der Waals surface area contributed by atoms with Crippen LogP contribution in [-0.4, -0.2) is 31.3 Å². The third kappa shape index (κ3) is 2.47. The van der Waals surface area contributed by atoms with Crippen LogP contribution in [0.2, 0.25) is 0 Å². The third-order valence-electron chi connectivity index (χ3n) is 1.03. The number of hydrogen-bond acceptors (Lipinski definition) is 4. The van der Waals surface area contributed by atoms with Gasteiger partial charge in [0.25, 0.3) is 5.17 Å². The molecule has 1 saturated heterocycles. The minimum absolute atomic E-state index is 0.00417. The summed E-state index contributed by atoms with van der Waals surface area (Å²) in [5.74, 6) is 0. The monoisotopic (exact) mass is 163 g/mol. The molecule has 0 saturated carbocycles. The third-order valence-corrected chi connectivity index (χ3v) is 1.13. The first kappa shape index (κ1) is 7.71. The van der Waals surface area contributed by atoms with Gasteiger partial charge in [0.05, 0.1) is 13.2 Å². The maximum absolute atomic E-state index is 5.10. The van der Waals surface area contributed by atoms with Crippen LogP contribution < -0.4 is 5.73 Å². The molecule has 0 aromatic carbocycles. The van der Waals surface area contributed by atoms with Crippen molar-refractivity contribution in [3.8, 4) is 0 Å². The first-order chi connectivity index (χ1) is 4.79. The summed E-state index contributed by atoms with van der Waals surface area (Å²) in [6.45, 7) is 1.54. The van der Waals surface area contributed by atoms with Crippen LogP contribution in [0.1, 0.15) is 0 Å². The van der Waals surface area contributed by atoms with Gasteiger partial charge in [-0.05, 0) is 12.2 Å². The van der Waals surface area contributed by atoms with E-state index in [1.165, 1.54) is 0 Å². The van der Waals surface area contributed by atoms with E-state index in [-0.39, 0.29) is 5.17 Å². The number of ether oxygens (including phenoxy) is 3. The van der Waals surface area contributed by atoms with E-state index in [9.17, 15) is 0 Å². The van der Waals surface area contributed by atoms with Gasteiger partial charge in [0.2, 0.25) is 6.29 Å². The summed E-state index contributed by atoms with van der Waals surface area (Å²) in [6, 6.07) is 0. The highest BCUT2D eigenvalue weighted by Gasteiger charge is 2.15. The fourth-order valence-corrected chi connectivity index (χ4v) is 0.771. The Morgan fingerprint density at radius 2 is 2.40 bits per heavy atom. The summed E-state index contributed by atoms with van der Waals surface area (Å²) < 4.78 is 14.9. The number of rotatable bonds is 1. The summed E-state index contributed by atoms with van der Waals surface area (Å²) in [6.07, 6.45) is -0.411. The molecule has 5 heteroatoms. The average Bonchev–Trinajstić information content (AvgIpc) is 1.88. The van der Waals surface area contributed by atoms with Gasteiger partial charge in [-0.1, -0.05) is 0 Å². The van der Waals surface area contributed by atoms with Gasteiger partial charge < -0.3 is 19.9 Å². The van der Waals surface area contributed by atoms with Crippen LogP contribution in [0.25, 0.3) is 0 Å². The summed E-state index contributed by atoms with van der Waals surface area (Å²) >= 11 is 4.50. The molecule has 1 atom stereocenters. The van der Waals surface area contributed by atoms with Gasteiger partial charge in [0, 0.05) is 0 Å². The topological polar surface area (TPSA) is 53.7 Å². The molecule has 58 valence electrons. The molecule has 0 bridgehead atoms. The van der Waals surface area contributed by atoms with E-state index < -0.39 is 6.29 Å². The molecule has 1 aliphatic rings. The summed E-state index contributed by atoms with van der Waals surface area (Å²) in [4.78, 5) is 0. The maximum Gasteiger partial charge on any atom is 0.256 e. The zero-order valence-corrected chi connectivity index (χ0v) is 6.23. The van der Waals surface area contributed by atoms with Crippen molar-refractivity contribution < 1.29 is 14.2 Å². The molecule has 1 aliphatic heterocycles. The summed E-state index contributed by atoms with van der Waals surface area (Å²) in [5.41, 5.74) is 5.10. The van der Waals surface area contributed by atoms with E-state index in [1.807, 2.05) is 0 Å². The van der Waals surface area contributed by atoms with Crippen molar-refractivity contribution in [3.63, 3.8) is 0 Å². The zero-order valence-electron chi connectivity index (χ0n) is 5.41. The van der Waals surface area contributed by atoms with Crippen molar-refractivity contribution in [3.05, 3.63) is 0 Å². The number of thiocarbonyl (C=S) groups is 1. The lowest BCUT2D eigenvalue weighted by Gasteiger charge is -2.22. The molecule has 0 aromatic rings. The second-order valence-electron chi connectivity index (χ2n) is 1.81. The van der Waals surface area contributed by atoms with Crippen molar-refractivity contribution in [2.24, 2.45) is 5.73 Å². The van der Waals surface area contributed by atoms with Crippen LogP contribution in [-0.2, 0) is 14.2 Å². The van der Waals surface area contributed by atoms with Crippen LogP contribution in [0.3, 0.4) is 0 Å². The molecule has 4 nitrogen and oxygen atoms in total. The van der Waals surface area contributed by atoms with E-state index >= 15 is 0 Å². The Balaban J connectivity index is 2.19. The van der Waals surface area contributed by atoms with E-state index in [0.717, 1.165) is 0 Å². The Hall–Kier alpha value is -0.390. The van der Waals surface area contributed by atoms with E-state index in [1.54, 1.807) is 0 Å². The first-order valence-electron chi connectivity index (χ1n) is 2.94. The van der Waals surface area contributed by atoms with E-state index in [0.29, 0.717) is 19.8 Å². The normalized spacial score (nSPS) is 25.8. The van der Waals surface area contributed by atoms with Crippen molar-refractivity contribution >= 4 is 17.4 Å². The largest absolute Gasteiger partial charge is 0.439 e. The minimum atomic E-state index is -0.411. The Kier molecular flexibility index (Phi) is 2.85. The molecule has 2 N–H and O–H groups in total. The van der Waals surface area contributed by atoms with E-state index in [2.05, 4.69) is 12.2 Å². The second-order valence-corrected chi connectivity index (χ2v) is 2.21. The molecule has 0 amide bonds. The predicted molar refractivity (Wildman–Crippen MR) is 38.4 cm³/mol. The Morgan fingerprint density at radius 3 is 2.90 bits per heavy atom. The molecule has 10 heavy (non-hydrogen) atoms. The van der Waals surface area contributed by atoms with Gasteiger partial charge in [-0.3, -0.25) is 0 Å². The molecule has 0 aliphatic carbocycles. The molecular weight excluding hydrogens is 154 g/mol. The van der Waals surface area contributed by atoms with Gasteiger partial charge in [-0.15, -0.1) is 0 Å². The van der Waals surface area contributed by atoms with Gasteiger partial charge in [-0.25, -0.2) is 0 Å². The van der Waals surface area contributed by atoms with Gasteiger partial charge in [0.1, 0.15) is 6.61 Å². The summed E-state index contributed by atoms with van der Waals surface area (Å²) in [7, 11) is 0. The van der Waals surface area contributed by atoms with Crippen molar-refractivity contribution in [1.82, 2.24) is 0 Å². The molecule has 1 unspecified atom stereocenters. The zero-order chi connectivity index (χ0) is 7.40. The van der Waals surface area contributed by atoms with Gasteiger partial charge >= 0.3 is 0 Å². The van der Waals surface area contributed by atoms with Gasteiger partial charge in [-0.2, -0.15) is 0 Å². The molecule has 0 radical (unpaired) electrons. The quantitative estimate of drug-likeness (QED) is 0.534. The molecular formula is C5H9NO3S. The summed E-state index contributed by atoms with van der Waals surface area (Å²) in [5, 5.41) is -0.00417. The second kappa shape index (κ2) is 3.70. The number of hydrogen-bond donors (Lipinski definition) is 1. The smallest absolute Gasteiger partial charge is 0.256 e. The van der Waals surface area contributed by atoms with Crippen LogP contribution >= 0.6 is 12.2 Å². The lowest BCUT2D eigenvalue weighted by Crippen LogP contribution is -2.34. The van der Waals surface area contributed by atoms with Crippen LogP contribution in [0.15, 0.2) is 0 Å². The van der Waals surface area contributed by atoms with Crippen molar-refractivity contribution in [2.75, 3.05) is 19.8 Å². The van der Waals surface area contributed by atoms with Crippen LogP contribution in [0.4, 0.5) is 0 Å². The fourth-order valence-electron chi connectivity index (χ4n) is 0.664. The molecule has 0 spiro atoms. The maximum atomic E-state index is 5.10. The molecule has 1 fully saturated rings. The van der Waals surface area contributed by atoms with Crippen LogP contribution in [0.5, 0.6) is 0 Å². The highest BCUT2D eigenvalue weighted by atomic mass is 32.1. The SMILES string of the molecule is NC(=S)OC1COCCO1.